The van der Waals surface area contributed by atoms with E-state index in [1.165, 1.54) is 0 Å². The van der Waals surface area contributed by atoms with Crippen LogP contribution in [-0.4, -0.2) is 11.1 Å². The highest BCUT2D eigenvalue weighted by Gasteiger charge is 2.72. The zero-order chi connectivity index (χ0) is 15.4. The second kappa shape index (κ2) is 4.76. The number of carboxylic acid groups (broad SMARTS) is 1. The highest BCUT2D eigenvalue weighted by molar-refractivity contribution is 6.48. The molecule has 1 aromatic rings. The maximum Gasteiger partial charge on any atom is 0.309 e. The van der Waals surface area contributed by atoms with Crippen molar-refractivity contribution in [2.45, 2.75) is 26.7 Å². The van der Waals surface area contributed by atoms with Gasteiger partial charge in [0.05, 0.1) is 5.41 Å². The van der Waals surface area contributed by atoms with Gasteiger partial charge in [-0.3, -0.25) is 4.79 Å². The van der Waals surface area contributed by atoms with Gasteiger partial charge in [-0.25, -0.2) is 0 Å². The number of rotatable bonds is 4. The van der Waals surface area contributed by atoms with Crippen molar-refractivity contribution in [1.29, 1.82) is 0 Å². The molecule has 0 radical (unpaired) electrons. The molecule has 2 fully saturated rings. The first-order valence-corrected chi connectivity index (χ1v) is 7.91. The molecule has 21 heavy (non-hydrogen) atoms. The van der Waals surface area contributed by atoms with Crippen LogP contribution in [0.1, 0.15) is 32.3 Å². The summed E-state index contributed by atoms with van der Waals surface area (Å²) in [7, 11) is 0. The SMILES string of the molecule is CC1(C)C(/C=C(\Cl)c2ccc(Cl)cc2)C1C1(C(=O)O)CC1. The third-order valence-electron chi connectivity index (χ3n) is 5.17. The van der Waals surface area contributed by atoms with Crippen LogP contribution in [-0.2, 0) is 4.79 Å². The molecule has 2 aliphatic carbocycles. The number of hydrogen-bond acceptors (Lipinski definition) is 1. The standard InChI is InChI=1S/C17H18Cl2O2/c1-16(2)12(14(16)17(7-8-17)15(20)21)9-13(19)10-3-5-11(18)6-4-10/h3-6,9,12,14H,7-8H2,1-2H3,(H,20,21)/b13-9-. The quantitative estimate of drug-likeness (QED) is 0.840. The van der Waals surface area contributed by atoms with E-state index in [0.29, 0.717) is 10.1 Å². The lowest BCUT2D eigenvalue weighted by molar-refractivity contribution is -0.144. The van der Waals surface area contributed by atoms with Crippen LogP contribution in [0.3, 0.4) is 0 Å². The van der Waals surface area contributed by atoms with Crippen LogP contribution in [0.4, 0.5) is 0 Å². The second-order valence-electron chi connectivity index (χ2n) is 6.81. The third kappa shape index (κ3) is 2.39. The fourth-order valence-electron chi connectivity index (χ4n) is 3.70. The van der Waals surface area contributed by atoms with Gasteiger partial charge >= 0.3 is 5.97 Å². The maximum absolute atomic E-state index is 11.5. The lowest BCUT2D eigenvalue weighted by atomic mass is 9.94. The van der Waals surface area contributed by atoms with Gasteiger partial charge in [-0.05, 0) is 47.8 Å². The van der Waals surface area contributed by atoms with Crippen LogP contribution in [0, 0.1) is 22.7 Å². The molecule has 0 spiro atoms. The molecule has 1 aromatic carbocycles. The van der Waals surface area contributed by atoms with E-state index in [4.69, 9.17) is 23.2 Å². The predicted molar refractivity (Wildman–Crippen MR) is 85.3 cm³/mol. The molecule has 112 valence electrons. The van der Waals surface area contributed by atoms with E-state index >= 15 is 0 Å². The van der Waals surface area contributed by atoms with Gasteiger partial charge in [0.25, 0.3) is 0 Å². The Bertz CT molecular complexity index is 612. The smallest absolute Gasteiger partial charge is 0.309 e. The summed E-state index contributed by atoms with van der Waals surface area (Å²) in [5.41, 5.74) is 0.409. The van der Waals surface area contributed by atoms with E-state index in [-0.39, 0.29) is 17.3 Å². The molecule has 2 unspecified atom stereocenters. The average molecular weight is 325 g/mol. The lowest BCUT2D eigenvalue weighted by Gasteiger charge is -2.10. The Morgan fingerprint density at radius 2 is 1.86 bits per heavy atom. The van der Waals surface area contributed by atoms with E-state index in [0.717, 1.165) is 18.4 Å². The molecule has 0 saturated heterocycles. The monoisotopic (exact) mass is 324 g/mol. The molecule has 1 N–H and O–H groups in total. The van der Waals surface area contributed by atoms with Crippen molar-refractivity contribution in [3.8, 4) is 0 Å². The van der Waals surface area contributed by atoms with Gasteiger partial charge in [-0.1, -0.05) is 55.3 Å². The highest BCUT2D eigenvalue weighted by atomic mass is 35.5. The topological polar surface area (TPSA) is 37.3 Å². The molecule has 2 atom stereocenters. The first kappa shape index (κ1) is 14.9. The summed E-state index contributed by atoms with van der Waals surface area (Å²) in [4.78, 5) is 11.5. The molecular formula is C17H18Cl2O2. The molecule has 0 heterocycles. The third-order valence-corrected chi connectivity index (χ3v) is 5.76. The molecule has 2 saturated carbocycles. The highest BCUT2D eigenvalue weighted by Crippen LogP contribution is 2.74. The summed E-state index contributed by atoms with van der Waals surface area (Å²) >= 11 is 12.3. The lowest BCUT2D eigenvalue weighted by Crippen LogP contribution is -2.19. The minimum atomic E-state index is -0.654. The molecule has 0 bridgehead atoms. The van der Waals surface area contributed by atoms with E-state index in [2.05, 4.69) is 13.8 Å². The van der Waals surface area contributed by atoms with Gasteiger partial charge in [-0.2, -0.15) is 0 Å². The minimum Gasteiger partial charge on any atom is -0.481 e. The van der Waals surface area contributed by atoms with Gasteiger partial charge in [0, 0.05) is 10.1 Å². The first-order chi connectivity index (χ1) is 9.79. The number of allylic oxidation sites excluding steroid dienone is 1. The molecular weight excluding hydrogens is 307 g/mol. The predicted octanol–water partition coefficient (Wildman–Crippen LogP) is 5.06. The van der Waals surface area contributed by atoms with E-state index in [1.54, 1.807) is 0 Å². The van der Waals surface area contributed by atoms with Crippen LogP contribution in [0.2, 0.25) is 5.02 Å². The van der Waals surface area contributed by atoms with Crippen LogP contribution in [0.15, 0.2) is 30.3 Å². The molecule has 3 rings (SSSR count). The maximum atomic E-state index is 11.5. The van der Waals surface area contributed by atoms with Crippen molar-refractivity contribution < 1.29 is 9.90 Å². The minimum absolute atomic E-state index is 0.00144. The van der Waals surface area contributed by atoms with Crippen LogP contribution < -0.4 is 0 Å². The number of halogens is 2. The van der Waals surface area contributed by atoms with Gasteiger partial charge in [0.15, 0.2) is 0 Å². The van der Waals surface area contributed by atoms with Gasteiger partial charge in [0.1, 0.15) is 0 Å². The zero-order valence-electron chi connectivity index (χ0n) is 12.1. The Hall–Kier alpha value is -0.990. The number of benzene rings is 1. The molecule has 4 heteroatoms. The fourth-order valence-corrected chi connectivity index (χ4v) is 4.09. The molecule has 2 aliphatic rings. The first-order valence-electron chi connectivity index (χ1n) is 7.16. The summed E-state index contributed by atoms with van der Waals surface area (Å²) in [6, 6.07) is 7.38. The number of carbonyl (C=O) groups is 1. The van der Waals surface area contributed by atoms with E-state index in [1.807, 2.05) is 30.3 Å². The summed E-state index contributed by atoms with van der Waals surface area (Å²) in [6.45, 7) is 4.27. The average Bonchev–Trinajstić information content (AvgIpc) is 3.28. The van der Waals surface area contributed by atoms with Crippen LogP contribution in [0.25, 0.3) is 5.03 Å². The van der Waals surface area contributed by atoms with Crippen molar-refractivity contribution in [3.05, 3.63) is 40.9 Å². The Morgan fingerprint density at radius 1 is 1.29 bits per heavy atom. The van der Waals surface area contributed by atoms with Crippen molar-refractivity contribution >= 4 is 34.2 Å². The Kier molecular flexibility index (Phi) is 3.38. The van der Waals surface area contributed by atoms with Gasteiger partial charge < -0.3 is 5.11 Å². The van der Waals surface area contributed by atoms with Crippen molar-refractivity contribution in [1.82, 2.24) is 0 Å². The summed E-state index contributed by atoms with van der Waals surface area (Å²) < 4.78 is 0. The zero-order valence-corrected chi connectivity index (χ0v) is 13.6. The molecule has 0 aromatic heterocycles. The van der Waals surface area contributed by atoms with E-state index in [9.17, 15) is 9.90 Å². The van der Waals surface area contributed by atoms with Crippen molar-refractivity contribution in [3.63, 3.8) is 0 Å². The van der Waals surface area contributed by atoms with Gasteiger partial charge in [0.2, 0.25) is 0 Å². The summed E-state index contributed by atoms with van der Waals surface area (Å²) in [5, 5.41) is 10.8. The Labute approximate surface area is 134 Å². The van der Waals surface area contributed by atoms with Crippen LogP contribution in [0.5, 0.6) is 0 Å². The Morgan fingerprint density at radius 3 is 2.33 bits per heavy atom. The molecule has 2 nitrogen and oxygen atoms in total. The largest absolute Gasteiger partial charge is 0.481 e. The van der Waals surface area contributed by atoms with Crippen LogP contribution >= 0.6 is 23.2 Å². The van der Waals surface area contributed by atoms with Crippen molar-refractivity contribution in [2.24, 2.45) is 22.7 Å². The second-order valence-corrected chi connectivity index (χ2v) is 7.65. The number of carboxylic acids is 1. The molecule has 0 aliphatic heterocycles. The Balaban J connectivity index is 1.83. The fraction of sp³-hybridized carbons (Fsp3) is 0.471. The van der Waals surface area contributed by atoms with E-state index < -0.39 is 11.4 Å². The summed E-state index contributed by atoms with van der Waals surface area (Å²) in [6.07, 6.45) is 3.61. The normalized spacial score (nSPS) is 29.0. The van der Waals surface area contributed by atoms with Gasteiger partial charge in [-0.15, -0.1) is 0 Å². The van der Waals surface area contributed by atoms with Crippen molar-refractivity contribution in [2.75, 3.05) is 0 Å². The summed E-state index contributed by atoms with van der Waals surface area (Å²) in [5.74, 6) is -0.248. The number of aliphatic carboxylic acids is 1. The molecule has 0 amide bonds. The number of hydrogen-bond donors (Lipinski definition) is 1.